The van der Waals surface area contributed by atoms with E-state index in [4.69, 9.17) is 21.1 Å². The molecular weight excluding hydrogens is 338 g/mol. The van der Waals surface area contributed by atoms with E-state index in [0.29, 0.717) is 10.7 Å². The molecule has 2 aromatic carbocycles. The number of ether oxygens (including phenoxy) is 2. The van der Waals surface area contributed by atoms with Crippen LogP contribution in [0.3, 0.4) is 0 Å². The largest absolute Gasteiger partial charge is 0.496 e. The zero-order valence-electron chi connectivity index (χ0n) is 13.8. The minimum Gasteiger partial charge on any atom is -0.496 e. The Bertz CT molecular complexity index is 1050. The summed E-state index contributed by atoms with van der Waals surface area (Å²) in [7, 11) is 3.30. The molecule has 0 saturated heterocycles. The molecule has 1 unspecified atom stereocenters. The first-order valence-corrected chi connectivity index (χ1v) is 8.19. The van der Waals surface area contributed by atoms with Crippen LogP contribution in [0.25, 0.3) is 21.8 Å². The van der Waals surface area contributed by atoms with Crippen molar-refractivity contribution in [1.29, 1.82) is 0 Å². The second-order valence-electron chi connectivity index (χ2n) is 5.63. The van der Waals surface area contributed by atoms with Crippen molar-refractivity contribution >= 4 is 33.4 Å². The van der Waals surface area contributed by atoms with Crippen molar-refractivity contribution in [2.45, 2.75) is 6.23 Å². The Balaban J connectivity index is 1.98. The molecule has 0 amide bonds. The maximum atomic E-state index is 6.37. The average molecular weight is 354 g/mol. The lowest BCUT2D eigenvalue weighted by atomic mass is 10.1. The molecule has 0 aliphatic rings. The number of methoxy groups -OCH3 is 2. The van der Waals surface area contributed by atoms with E-state index in [1.165, 1.54) is 0 Å². The van der Waals surface area contributed by atoms with Crippen LogP contribution in [0.2, 0.25) is 5.15 Å². The van der Waals surface area contributed by atoms with E-state index in [-0.39, 0.29) is 6.23 Å². The van der Waals surface area contributed by atoms with Gasteiger partial charge in [0.15, 0.2) is 11.4 Å². The summed E-state index contributed by atoms with van der Waals surface area (Å²) in [4.78, 5) is 4.45. The van der Waals surface area contributed by atoms with Crippen LogP contribution in [0.15, 0.2) is 54.7 Å². The average Bonchev–Trinajstić information content (AvgIpc) is 3.08. The number of aromatic nitrogens is 3. The molecule has 2 aromatic heterocycles. The lowest BCUT2D eigenvalue weighted by Gasteiger charge is -2.15. The molecule has 0 aliphatic heterocycles. The van der Waals surface area contributed by atoms with Crippen LogP contribution >= 0.6 is 11.6 Å². The third kappa shape index (κ3) is 2.62. The van der Waals surface area contributed by atoms with Crippen LogP contribution in [0, 0.1) is 0 Å². The predicted octanol–water partition coefficient (Wildman–Crippen LogP) is 4.44. The van der Waals surface area contributed by atoms with Gasteiger partial charge in [-0.05, 0) is 12.1 Å². The summed E-state index contributed by atoms with van der Waals surface area (Å²) in [5.41, 5.74) is 2.39. The van der Waals surface area contributed by atoms with Gasteiger partial charge in [-0.1, -0.05) is 48.0 Å². The lowest BCUT2D eigenvalue weighted by Crippen LogP contribution is -2.13. The van der Waals surface area contributed by atoms with Gasteiger partial charge in [-0.15, -0.1) is 0 Å². The Morgan fingerprint density at radius 2 is 1.84 bits per heavy atom. The SMILES string of the molecule is COc1cccc2nc(Cl)c3nn(C(OC)c4ccccc4)cc3c12. The zero-order chi connectivity index (χ0) is 17.4. The van der Waals surface area contributed by atoms with Crippen LogP contribution in [-0.4, -0.2) is 29.0 Å². The highest BCUT2D eigenvalue weighted by atomic mass is 35.5. The second kappa shape index (κ2) is 6.35. The number of benzene rings is 2. The molecule has 0 bridgehead atoms. The predicted molar refractivity (Wildman–Crippen MR) is 98.2 cm³/mol. The van der Waals surface area contributed by atoms with Gasteiger partial charge in [0.25, 0.3) is 0 Å². The van der Waals surface area contributed by atoms with Crippen LogP contribution in [0.1, 0.15) is 11.8 Å². The lowest BCUT2D eigenvalue weighted by molar-refractivity contribution is 0.0687. The van der Waals surface area contributed by atoms with Gasteiger partial charge in [-0.2, -0.15) is 5.10 Å². The fourth-order valence-electron chi connectivity index (χ4n) is 3.07. The Morgan fingerprint density at radius 3 is 2.56 bits per heavy atom. The maximum Gasteiger partial charge on any atom is 0.175 e. The van der Waals surface area contributed by atoms with E-state index in [1.54, 1.807) is 18.9 Å². The molecule has 0 spiro atoms. The monoisotopic (exact) mass is 353 g/mol. The fourth-order valence-corrected chi connectivity index (χ4v) is 3.30. The van der Waals surface area contributed by atoms with Crippen molar-refractivity contribution in [1.82, 2.24) is 14.8 Å². The maximum absolute atomic E-state index is 6.37. The standard InChI is InChI=1S/C19H16ClN3O2/c1-24-15-10-6-9-14-16(15)13-11-23(22-17(13)18(20)21-14)19(25-2)12-7-4-3-5-8-12/h3-11,19H,1-2H3. The number of fused-ring (bicyclic) bond motifs is 3. The molecule has 4 aromatic rings. The van der Waals surface area contributed by atoms with Crippen LogP contribution in [0.5, 0.6) is 5.75 Å². The van der Waals surface area contributed by atoms with Gasteiger partial charge >= 0.3 is 0 Å². The van der Waals surface area contributed by atoms with Crippen molar-refractivity contribution in [3.8, 4) is 5.75 Å². The van der Waals surface area contributed by atoms with Crippen LogP contribution in [0.4, 0.5) is 0 Å². The molecule has 0 saturated carbocycles. The van der Waals surface area contributed by atoms with Crippen LogP contribution < -0.4 is 4.74 Å². The van der Waals surface area contributed by atoms with Gasteiger partial charge in [0.1, 0.15) is 11.3 Å². The van der Waals surface area contributed by atoms with Crippen molar-refractivity contribution < 1.29 is 9.47 Å². The molecule has 25 heavy (non-hydrogen) atoms. The van der Waals surface area contributed by atoms with Crippen molar-refractivity contribution in [3.63, 3.8) is 0 Å². The van der Waals surface area contributed by atoms with Gasteiger partial charge in [-0.25, -0.2) is 9.67 Å². The Labute approximate surface area is 149 Å². The van der Waals surface area contributed by atoms with Gasteiger partial charge in [0.05, 0.1) is 18.0 Å². The van der Waals surface area contributed by atoms with Crippen molar-refractivity contribution in [2.24, 2.45) is 0 Å². The summed E-state index contributed by atoms with van der Waals surface area (Å²) in [6.07, 6.45) is 1.57. The summed E-state index contributed by atoms with van der Waals surface area (Å²) in [6.45, 7) is 0. The first kappa shape index (κ1) is 15.9. The molecule has 0 fully saturated rings. The Kier molecular flexibility index (Phi) is 4.03. The number of halogens is 1. The minimum absolute atomic E-state index is 0.352. The first-order valence-electron chi connectivity index (χ1n) is 7.81. The zero-order valence-corrected chi connectivity index (χ0v) is 14.6. The third-order valence-electron chi connectivity index (χ3n) is 4.19. The highest BCUT2D eigenvalue weighted by molar-refractivity contribution is 6.35. The molecule has 1 atom stereocenters. The van der Waals surface area contributed by atoms with E-state index in [1.807, 2.05) is 54.7 Å². The summed E-state index contributed by atoms with van der Waals surface area (Å²) in [6, 6.07) is 15.6. The number of hydrogen-bond acceptors (Lipinski definition) is 4. The molecule has 6 heteroatoms. The normalized spacial score (nSPS) is 12.6. The number of pyridine rings is 1. The summed E-state index contributed by atoms with van der Waals surface area (Å²) >= 11 is 6.37. The minimum atomic E-state index is -0.352. The van der Waals surface area contributed by atoms with Crippen molar-refractivity contribution in [2.75, 3.05) is 14.2 Å². The number of hydrogen-bond donors (Lipinski definition) is 0. The molecular formula is C19H16ClN3O2. The van der Waals surface area contributed by atoms with Gasteiger partial charge in [0.2, 0.25) is 0 Å². The van der Waals surface area contributed by atoms with Gasteiger partial charge < -0.3 is 9.47 Å². The molecule has 5 nitrogen and oxygen atoms in total. The van der Waals surface area contributed by atoms with E-state index < -0.39 is 0 Å². The van der Waals surface area contributed by atoms with Gasteiger partial charge in [0, 0.05) is 24.3 Å². The highest BCUT2D eigenvalue weighted by Crippen LogP contribution is 2.35. The molecule has 2 heterocycles. The summed E-state index contributed by atoms with van der Waals surface area (Å²) in [5, 5.41) is 6.75. The fraction of sp³-hybridized carbons (Fsp3) is 0.158. The quantitative estimate of drug-likeness (QED) is 0.509. The highest BCUT2D eigenvalue weighted by Gasteiger charge is 2.19. The number of rotatable bonds is 4. The Hall–Kier alpha value is -2.63. The second-order valence-corrected chi connectivity index (χ2v) is 5.99. The van der Waals surface area contributed by atoms with E-state index in [0.717, 1.165) is 27.6 Å². The van der Waals surface area contributed by atoms with Crippen molar-refractivity contribution in [3.05, 3.63) is 65.4 Å². The smallest absolute Gasteiger partial charge is 0.175 e. The molecule has 4 rings (SSSR count). The Morgan fingerprint density at radius 1 is 1.04 bits per heavy atom. The van der Waals surface area contributed by atoms with E-state index >= 15 is 0 Å². The van der Waals surface area contributed by atoms with Gasteiger partial charge in [-0.3, -0.25) is 0 Å². The molecule has 126 valence electrons. The first-order chi connectivity index (χ1) is 12.2. The molecule has 0 N–H and O–H groups in total. The van der Waals surface area contributed by atoms with Crippen LogP contribution in [-0.2, 0) is 4.74 Å². The molecule has 0 aliphatic carbocycles. The summed E-state index contributed by atoms with van der Waals surface area (Å²) < 4.78 is 12.9. The van der Waals surface area contributed by atoms with E-state index in [9.17, 15) is 0 Å². The third-order valence-corrected chi connectivity index (χ3v) is 4.45. The number of nitrogens with zero attached hydrogens (tertiary/aromatic N) is 3. The summed E-state index contributed by atoms with van der Waals surface area (Å²) in [5.74, 6) is 0.736. The topological polar surface area (TPSA) is 49.2 Å². The van der Waals surface area contributed by atoms with E-state index in [2.05, 4.69) is 10.1 Å². The molecule has 0 radical (unpaired) electrons.